The second-order valence-electron chi connectivity index (χ2n) is 6.11. The predicted molar refractivity (Wildman–Crippen MR) is 67.1 cm³/mol. The van der Waals surface area contributed by atoms with Gasteiger partial charge in [0.2, 0.25) is 5.91 Å². The molecule has 0 aromatic carbocycles. The van der Waals surface area contributed by atoms with Crippen molar-refractivity contribution in [2.24, 2.45) is 5.92 Å². The topological polar surface area (TPSA) is 49.8 Å². The number of hydrogen-bond acceptors (Lipinski definition) is 3. The Bertz CT molecular complexity index is 331. The Morgan fingerprint density at radius 2 is 1.80 bits per heavy atom. The summed E-state index contributed by atoms with van der Waals surface area (Å²) in [6, 6.07) is 0. The summed E-state index contributed by atoms with van der Waals surface area (Å²) < 4.78 is 42.5. The molecule has 7 heteroatoms. The minimum Gasteiger partial charge on any atom is -0.383 e. The number of carbonyl (C=O) groups excluding carboxylic acids is 1. The minimum atomic E-state index is -4.59. The van der Waals surface area contributed by atoms with Crippen LogP contribution in [0.25, 0.3) is 0 Å². The Labute approximate surface area is 116 Å². The molecular formula is C13H22F3NO3. The van der Waals surface area contributed by atoms with E-state index in [1.165, 1.54) is 4.90 Å². The van der Waals surface area contributed by atoms with Crippen LogP contribution >= 0.6 is 0 Å². The lowest BCUT2D eigenvalue weighted by Gasteiger charge is -2.35. The van der Waals surface area contributed by atoms with Crippen LogP contribution in [-0.2, 0) is 9.53 Å². The zero-order valence-corrected chi connectivity index (χ0v) is 12.0. The van der Waals surface area contributed by atoms with E-state index < -0.39 is 23.8 Å². The van der Waals surface area contributed by atoms with Crippen LogP contribution in [0.2, 0.25) is 0 Å². The number of hydrogen-bond donors (Lipinski definition) is 1. The molecule has 0 aliphatic carbocycles. The standard InChI is InChI=1S/C13H22F3NO3/c1-12(2,3)20-8-10(18)17-6-4-9(5-7-17)11(19)13(14,15)16/h9,11,19H,4-8H2,1-3H3. The SMILES string of the molecule is CC(C)(C)OCC(=O)N1CCC(C(O)C(F)(F)F)CC1. The second kappa shape index (κ2) is 6.30. The van der Waals surface area contributed by atoms with Crippen molar-refractivity contribution in [3.63, 3.8) is 0 Å². The van der Waals surface area contributed by atoms with E-state index >= 15 is 0 Å². The van der Waals surface area contributed by atoms with Gasteiger partial charge in [0.1, 0.15) is 6.61 Å². The van der Waals surface area contributed by atoms with E-state index in [-0.39, 0.29) is 38.4 Å². The van der Waals surface area contributed by atoms with Crippen molar-refractivity contribution < 1.29 is 27.8 Å². The molecule has 0 spiro atoms. The van der Waals surface area contributed by atoms with Crippen molar-refractivity contribution in [3.05, 3.63) is 0 Å². The predicted octanol–water partition coefficient (Wildman–Crippen LogP) is 1.96. The number of piperidine rings is 1. The van der Waals surface area contributed by atoms with Crippen LogP contribution in [0, 0.1) is 5.92 Å². The number of nitrogens with zero attached hydrogens (tertiary/aromatic N) is 1. The van der Waals surface area contributed by atoms with Crippen molar-refractivity contribution in [1.82, 2.24) is 4.90 Å². The summed E-state index contributed by atoms with van der Waals surface area (Å²) in [6.45, 7) is 5.86. The third kappa shape index (κ3) is 5.28. The normalized spacial score (nSPS) is 20.1. The monoisotopic (exact) mass is 297 g/mol. The van der Waals surface area contributed by atoms with Crippen molar-refractivity contribution in [3.8, 4) is 0 Å². The van der Waals surface area contributed by atoms with Crippen LogP contribution in [0.4, 0.5) is 13.2 Å². The molecule has 0 aromatic rings. The minimum absolute atomic E-state index is 0.0734. The largest absolute Gasteiger partial charge is 0.414 e. The molecule has 1 N–H and O–H groups in total. The van der Waals surface area contributed by atoms with Gasteiger partial charge >= 0.3 is 6.18 Å². The van der Waals surface area contributed by atoms with Gasteiger partial charge < -0.3 is 14.7 Å². The summed E-state index contributed by atoms with van der Waals surface area (Å²) in [4.78, 5) is 13.3. The second-order valence-corrected chi connectivity index (χ2v) is 6.11. The van der Waals surface area contributed by atoms with Crippen LogP contribution in [0.5, 0.6) is 0 Å². The van der Waals surface area contributed by atoms with Crippen molar-refractivity contribution in [2.45, 2.75) is 51.5 Å². The van der Waals surface area contributed by atoms with Crippen LogP contribution in [0.3, 0.4) is 0 Å². The van der Waals surface area contributed by atoms with E-state index in [9.17, 15) is 23.1 Å². The van der Waals surface area contributed by atoms with Gasteiger partial charge in [-0.1, -0.05) is 0 Å². The first kappa shape index (κ1) is 17.2. The summed E-state index contributed by atoms with van der Waals surface area (Å²) in [5, 5.41) is 9.19. The van der Waals surface area contributed by atoms with E-state index in [4.69, 9.17) is 4.74 Å². The van der Waals surface area contributed by atoms with Crippen LogP contribution < -0.4 is 0 Å². The highest BCUT2D eigenvalue weighted by Gasteiger charge is 2.44. The molecule has 0 radical (unpaired) electrons. The van der Waals surface area contributed by atoms with Crippen molar-refractivity contribution in [1.29, 1.82) is 0 Å². The number of ether oxygens (including phenoxy) is 1. The van der Waals surface area contributed by atoms with Crippen molar-refractivity contribution >= 4 is 5.91 Å². The fourth-order valence-corrected chi connectivity index (χ4v) is 2.10. The fraction of sp³-hybridized carbons (Fsp3) is 0.923. The van der Waals surface area contributed by atoms with Gasteiger partial charge in [0.15, 0.2) is 6.10 Å². The molecule has 0 aromatic heterocycles. The van der Waals surface area contributed by atoms with E-state index in [2.05, 4.69) is 0 Å². The van der Waals surface area contributed by atoms with Gasteiger partial charge in [0, 0.05) is 13.1 Å². The fourth-order valence-electron chi connectivity index (χ4n) is 2.10. The Morgan fingerprint density at radius 3 is 2.20 bits per heavy atom. The van der Waals surface area contributed by atoms with Gasteiger partial charge in [-0.15, -0.1) is 0 Å². The van der Waals surface area contributed by atoms with E-state index in [1.54, 1.807) is 0 Å². The number of alkyl halides is 3. The maximum Gasteiger partial charge on any atom is 0.414 e. The third-order valence-corrected chi connectivity index (χ3v) is 3.30. The van der Waals surface area contributed by atoms with Gasteiger partial charge in [-0.25, -0.2) is 0 Å². The zero-order chi connectivity index (χ0) is 15.6. The van der Waals surface area contributed by atoms with E-state index in [0.717, 1.165) is 0 Å². The van der Waals surface area contributed by atoms with Gasteiger partial charge in [-0.2, -0.15) is 13.2 Å². The lowest BCUT2D eigenvalue weighted by molar-refractivity contribution is -0.223. The summed E-state index contributed by atoms with van der Waals surface area (Å²) >= 11 is 0. The maximum absolute atomic E-state index is 12.4. The first-order valence-electron chi connectivity index (χ1n) is 6.67. The zero-order valence-electron chi connectivity index (χ0n) is 12.0. The molecule has 1 atom stereocenters. The summed E-state index contributed by atoms with van der Waals surface area (Å²) in [7, 11) is 0. The molecule has 1 aliphatic heterocycles. The molecule has 4 nitrogen and oxygen atoms in total. The Kier molecular flexibility index (Phi) is 5.43. The molecule has 1 saturated heterocycles. The van der Waals surface area contributed by atoms with Crippen LogP contribution in [0.15, 0.2) is 0 Å². The lowest BCUT2D eigenvalue weighted by atomic mass is 9.91. The first-order valence-corrected chi connectivity index (χ1v) is 6.67. The number of aliphatic hydroxyl groups excluding tert-OH is 1. The highest BCUT2D eigenvalue weighted by Crippen LogP contribution is 2.31. The van der Waals surface area contributed by atoms with E-state index in [1.807, 2.05) is 20.8 Å². The quantitative estimate of drug-likeness (QED) is 0.866. The van der Waals surface area contributed by atoms with Gasteiger partial charge in [-0.05, 0) is 39.5 Å². The number of amides is 1. The smallest absolute Gasteiger partial charge is 0.383 e. The number of halogens is 3. The first-order chi connectivity index (χ1) is 9.00. The molecule has 20 heavy (non-hydrogen) atoms. The number of rotatable bonds is 3. The number of likely N-dealkylation sites (tertiary alicyclic amines) is 1. The Hall–Kier alpha value is -0.820. The summed E-state index contributed by atoms with van der Waals surface area (Å²) in [6.07, 6.45) is -6.58. The third-order valence-electron chi connectivity index (χ3n) is 3.30. The van der Waals surface area contributed by atoms with Gasteiger partial charge in [-0.3, -0.25) is 4.79 Å². The molecule has 1 fully saturated rings. The average molecular weight is 297 g/mol. The summed E-state index contributed by atoms with van der Waals surface area (Å²) in [5.41, 5.74) is -0.430. The average Bonchev–Trinajstić information content (AvgIpc) is 2.33. The van der Waals surface area contributed by atoms with Crippen molar-refractivity contribution in [2.75, 3.05) is 19.7 Å². The number of aliphatic hydroxyl groups is 1. The molecule has 1 heterocycles. The highest BCUT2D eigenvalue weighted by molar-refractivity contribution is 5.77. The molecule has 1 rings (SSSR count). The maximum atomic E-state index is 12.4. The molecular weight excluding hydrogens is 275 g/mol. The molecule has 0 bridgehead atoms. The molecule has 1 unspecified atom stereocenters. The van der Waals surface area contributed by atoms with Gasteiger partial charge in [0.05, 0.1) is 5.60 Å². The van der Waals surface area contributed by atoms with Gasteiger partial charge in [0.25, 0.3) is 0 Å². The lowest BCUT2D eigenvalue weighted by Crippen LogP contribution is -2.46. The number of carbonyl (C=O) groups is 1. The van der Waals surface area contributed by atoms with Crippen LogP contribution in [-0.4, -0.2) is 53.5 Å². The van der Waals surface area contributed by atoms with Crippen LogP contribution in [0.1, 0.15) is 33.6 Å². The molecule has 1 amide bonds. The molecule has 118 valence electrons. The Morgan fingerprint density at radius 1 is 1.30 bits per heavy atom. The molecule has 1 aliphatic rings. The van der Waals surface area contributed by atoms with E-state index in [0.29, 0.717) is 0 Å². The summed E-state index contributed by atoms with van der Waals surface area (Å²) in [5.74, 6) is -1.05. The Balaban J connectivity index is 2.40. The highest BCUT2D eigenvalue weighted by atomic mass is 19.4. The molecule has 0 saturated carbocycles.